The van der Waals surface area contributed by atoms with E-state index in [0.717, 1.165) is 12.1 Å². The summed E-state index contributed by atoms with van der Waals surface area (Å²) in [6, 6.07) is 13.0. The van der Waals surface area contributed by atoms with Gasteiger partial charge in [0.25, 0.3) is 11.7 Å². The van der Waals surface area contributed by atoms with Crippen LogP contribution in [0.15, 0.2) is 54.1 Å². The molecule has 1 heterocycles. The first-order valence-electron chi connectivity index (χ1n) is 9.66. The lowest BCUT2D eigenvalue weighted by Gasteiger charge is -2.26. The smallest absolute Gasteiger partial charge is 0.295 e. The molecule has 1 fully saturated rings. The van der Waals surface area contributed by atoms with E-state index in [9.17, 15) is 14.7 Å². The molecule has 1 aliphatic heterocycles. The van der Waals surface area contributed by atoms with Gasteiger partial charge in [0.15, 0.2) is 0 Å². The Balaban J connectivity index is 2.07. The normalized spacial score (nSPS) is 18.3. The molecule has 1 aliphatic rings. The van der Waals surface area contributed by atoms with Gasteiger partial charge in [-0.2, -0.15) is 0 Å². The van der Waals surface area contributed by atoms with Crippen LogP contribution in [0.3, 0.4) is 0 Å². The summed E-state index contributed by atoms with van der Waals surface area (Å²) in [4.78, 5) is 29.3. The van der Waals surface area contributed by atoms with Crippen molar-refractivity contribution in [2.75, 3.05) is 34.3 Å². The molecule has 30 heavy (non-hydrogen) atoms. The van der Waals surface area contributed by atoms with Crippen LogP contribution in [0.1, 0.15) is 23.6 Å². The van der Waals surface area contributed by atoms with Gasteiger partial charge in [-0.1, -0.05) is 23.7 Å². The third-order valence-corrected chi connectivity index (χ3v) is 5.35. The summed E-state index contributed by atoms with van der Waals surface area (Å²) in [6.45, 7) is 1.17. The largest absolute Gasteiger partial charge is 0.507 e. The van der Waals surface area contributed by atoms with E-state index in [2.05, 4.69) is 0 Å². The first kappa shape index (κ1) is 21.9. The zero-order valence-electron chi connectivity index (χ0n) is 17.3. The zero-order valence-corrected chi connectivity index (χ0v) is 18.0. The fourth-order valence-corrected chi connectivity index (χ4v) is 3.69. The number of ether oxygens (including phenoxy) is 1. The van der Waals surface area contributed by atoms with Crippen molar-refractivity contribution in [2.45, 2.75) is 12.5 Å². The van der Waals surface area contributed by atoms with Gasteiger partial charge in [0.2, 0.25) is 0 Å². The van der Waals surface area contributed by atoms with Gasteiger partial charge < -0.3 is 19.6 Å². The highest BCUT2D eigenvalue weighted by molar-refractivity contribution is 6.46. The van der Waals surface area contributed by atoms with Crippen LogP contribution in [0.4, 0.5) is 0 Å². The molecule has 0 bridgehead atoms. The van der Waals surface area contributed by atoms with Gasteiger partial charge in [-0.25, -0.2) is 0 Å². The van der Waals surface area contributed by atoms with Gasteiger partial charge in [0.05, 0.1) is 18.7 Å². The molecule has 158 valence electrons. The molecule has 3 rings (SSSR count). The van der Waals surface area contributed by atoms with Crippen LogP contribution in [0.2, 0.25) is 5.02 Å². The van der Waals surface area contributed by atoms with Crippen molar-refractivity contribution in [1.29, 1.82) is 0 Å². The average Bonchev–Trinajstić information content (AvgIpc) is 2.98. The summed E-state index contributed by atoms with van der Waals surface area (Å²) in [5, 5.41) is 11.5. The Morgan fingerprint density at radius 1 is 1.10 bits per heavy atom. The van der Waals surface area contributed by atoms with Gasteiger partial charge >= 0.3 is 0 Å². The molecule has 0 spiro atoms. The van der Waals surface area contributed by atoms with Crippen molar-refractivity contribution in [1.82, 2.24) is 9.80 Å². The van der Waals surface area contributed by atoms with Crippen LogP contribution in [0, 0.1) is 0 Å². The first-order chi connectivity index (χ1) is 14.3. The maximum atomic E-state index is 12.9. The third kappa shape index (κ3) is 4.50. The van der Waals surface area contributed by atoms with Crippen molar-refractivity contribution in [3.63, 3.8) is 0 Å². The lowest BCUT2D eigenvalue weighted by Crippen LogP contribution is -2.32. The van der Waals surface area contributed by atoms with Gasteiger partial charge in [-0.3, -0.25) is 9.59 Å². The van der Waals surface area contributed by atoms with E-state index in [-0.39, 0.29) is 11.3 Å². The quantitative estimate of drug-likeness (QED) is 0.413. The lowest BCUT2D eigenvalue weighted by atomic mass is 9.95. The maximum absolute atomic E-state index is 12.9. The van der Waals surface area contributed by atoms with E-state index in [1.54, 1.807) is 43.5 Å². The Hall–Kier alpha value is -2.83. The molecule has 2 aromatic rings. The molecule has 1 atom stereocenters. The number of likely N-dealkylation sites (tertiary alicyclic amines) is 1. The highest BCUT2D eigenvalue weighted by atomic mass is 35.5. The monoisotopic (exact) mass is 428 g/mol. The fourth-order valence-electron chi connectivity index (χ4n) is 3.56. The number of aliphatic hydroxyl groups is 1. The number of ketones is 1. The Kier molecular flexibility index (Phi) is 6.80. The number of Topliss-reactive ketones (excluding diaryl/α,β-unsaturated/α-hetero) is 1. The second kappa shape index (κ2) is 9.32. The Morgan fingerprint density at radius 2 is 1.73 bits per heavy atom. The number of halogens is 1. The molecule has 0 aromatic heterocycles. The molecule has 1 N–H and O–H groups in total. The number of methoxy groups -OCH3 is 1. The number of hydrogen-bond acceptors (Lipinski definition) is 5. The molecule has 1 saturated heterocycles. The van der Waals surface area contributed by atoms with E-state index in [4.69, 9.17) is 16.3 Å². The molecule has 1 amide bonds. The summed E-state index contributed by atoms with van der Waals surface area (Å²) < 4.78 is 5.22. The molecule has 0 radical (unpaired) electrons. The number of carbonyl (C=O) groups excluding carboxylic acids is 2. The van der Waals surface area contributed by atoms with Crippen LogP contribution >= 0.6 is 11.6 Å². The minimum Gasteiger partial charge on any atom is -0.507 e. The number of nitrogens with zero attached hydrogens (tertiary/aromatic N) is 2. The highest BCUT2D eigenvalue weighted by Gasteiger charge is 2.45. The lowest BCUT2D eigenvalue weighted by molar-refractivity contribution is -0.139. The van der Waals surface area contributed by atoms with Crippen LogP contribution in [-0.4, -0.2) is 60.9 Å². The summed E-state index contributed by atoms with van der Waals surface area (Å²) in [6.07, 6.45) is 0.702. The van der Waals surface area contributed by atoms with Gasteiger partial charge in [0.1, 0.15) is 11.5 Å². The van der Waals surface area contributed by atoms with Crippen molar-refractivity contribution < 1.29 is 19.4 Å². The second-order valence-electron chi connectivity index (χ2n) is 7.43. The molecule has 7 heteroatoms. The van der Waals surface area contributed by atoms with Crippen molar-refractivity contribution in [3.05, 3.63) is 70.3 Å². The molecule has 2 aromatic carbocycles. The zero-order chi connectivity index (χ0) is 21.8. The average molecular weight is 429 g/mol. The summed E-state index contributed by atoms with van der Waals surface area (Å²) in [7, 11) is 5.48. The number of benzene rings is 2. The number of amides is 1. The van der Waals surface area contributed by atoms with Gasteiger partial charge in [-0.05, 0) is 69.0 Å². The molecule has 0 unspecified atom stereocenters. The minimum absolute atomic E-state index is 0.0809. The summed E-state index contributed by atoms with van der Waals surface area (Å²) in [5.41, 5.74) is 1.25. The number of carbonyl (C=O) groups is 2. The van der Waals surface area contributed by atoms with Crippen LogP contribution in [0.25, 0.3) is 5.76 Å². The minimum atomic E-state index is -0.687. The first-order valence-corrected chi connectivity index (χ1v) is 10.0. The fraction of sp³-hybridized carbons (Fsp3) is 0.304. The van der Waals surface area contributed by atoms with E-state index < -0.39 is 17.7 Å². The van der Waals surface area contributed by atoms with Gasteiger partial charge in [-0.15, -0.1) is 0 Å². The standard InChI is InChI=1S/C23H25ClN2O4/c1-25(2)13-4-14-26-20(15-7-11-18(30-3)12-8-15)19(22(28)23(26)29)21(27)16-5-9-17(24)10-6-16/h5-12,20,27H,4,13-14H2,1-3H3/t20-/m0/s1. The van der Waals surface area contributed by atoms with Crippen LogP contribution in [0.5, 0.6) is 5.75 Å². The Morgan fingerprint density at radius 3 is 2.30 bits per heavy atom. The van der Waals surface area contributed by atoms with Gasteiger partial charge in [0, 0.05) is 17.1 Å². The highest BCUT2D eigenvalue weighted by Crippen LogP contribution is 2.40. The maximum Gasteiger partial charge on any atom is 0.295 e. The molecular formula is C23H25ClN2O4. The molecule has 6 nitrogen and oxygen atoms in total. The van der Waals surface area contributed by atoms with E-state index in [0.29, 0.717) is 29.3 Å². The van der Waals surface area contributed by atoms with E-state index in [1.807, 2.05) is 31.1 Å². The predicted molar refractivity (Wildman–Crippen MR) is 117 cm³/mol. The van der Waals surface area contributed by atoms with Crippen molar-refractivity contribution in [3.8, 4) is 5.75 Å². The number of hydrogen-bond donors (Lipinski definition) is 1. The molecule has 0 saturated carbocycles. The number of aliphatic hydroxyl groups excluding tert-OH is 1. The predicted octanol–water partition coefficient (Wildman–Crippen LogP) is 3.72. The summed E-state index contributed by atoms with van der Waals surface area (Å²) >= 11 is 5.94. The SMILES string of the molecule is COc1ccc([C@H]2C(=C(O)c3ccc(Cl)cc3)C(=O)C(=O)N2CCCN(C)C)cc1. The van der Waals surface area contributed by atoms with E-state index in [1.165, 1.54) is 4.90 Å². The summed E-state index contributed by atoms with van der Waals surface area (Å²) in [5.74, 6) is -0.833. The molecular weight excluding hydrogens is 404 g/mol. The molecule has 0 aliphatic carbocycles. The van der Waals surface area contributed by atoms with Crippen molar-refractivity contribution >= 4 is 29.1 Å². The second-order valence-corrected chi connectivity index (χ2v) is 7.87. The number of rotatable bonds is 7. The van der Waals surface area contributed by atoms with E-state index >= 15 is 0 Å². The van der Waals surface area contributed by atoms with Crippen LogP contribution in [-0.2, 0) is 9.59 Å². The Labute approximate surface area is 181 Å². The Bertz CT molecular complexity index is 952. The van der Waals surface area contributed by atoms with Crippen molar-refractivity contribution in [2.24, 2.45) is 0 Å². The topological polar surface area (TPSA) is 70.1 Å². The third-order valence-electron chi connectivity index (χ3n) is 5.09. The van der Waals surface area contributed by atoms with Crippen LogP contribution < -0.4 is 4.74 Å².